The van der Waals surface area contributed by atoms with Gasteiger partial charge in [0.15, 0.2) is 9.84 Å². The van der Waals surface area contributed by atoms with Crippen molar-refractivity contribution in [3.63, 3.8) is 0 Å². The number of nitrogens with one attached hydrogen (secondary N) is 1. The van der Waals surface area contributed by atoms with E-state index in [0.717, 1.165) is 5.56 Å². The maximum atomic E-state index is 12.5. The Labute approximate surface area is 157 Å². The van der Waals surface area contributed by atoms with Crippen molar-refractivity contribution in [3.05, 3.63) is 66.5 Å². The summed E-state index contributed by atoms with van der Waals surface area (Å²) < 4.78 is 25.4. The molecule has 0 radical (unpaired) electrons. The molecule has 1 aliphatic heterocycles. The van der Waals surface area contributed by atoms with Gasteiger partial charge < -0.3 is 5.32 Å². The highest BCUT2D eigenvalue weighted by molar-refractivity contribution is 7.91. The first-order valence-electron chi connectivity index (χ1n) is 8.59. The molecule has 27 heavy (non-hydrogen) atoms. The van der Waals surface area contributed by atoms with Crippen molar-refractivity contribution in [3.8, 4) is 11.3 Å². The molecule has 3 heterocycles. The summed E-state index contributed by atoms with van der Waals surface area (Å²) in [5.74, 6) is 0.321. The van der Waals surface area contributed by atoms with Gasteiger partial charge in [0.25, 0.3) is 5.91 Å². The summed E-state index contributed by atoms with van der Waals surface area (Å²) >= 11 is 0. The van der Waals surface area contributed by atoms with Crippen LogP contribution >= 0.6 is 0 Å². The van der Waals surface area contributed by atoms with Gasteiger partial charge in [0.05, 0.1) is 28.8 Å². The van der Waals surface area contributed by atoms with Gasteiger partial charge in [0.2, 0.25) is 0 Å². The molecule has 0 saturated carbocycles. The molecule has 1 aromatic carbocycles. The predicted octanol–water partition coefficient (Wildman–Crippen LogP) is 2.56. The number of benzene rings is 1. The summed E-state index contributed by atoms with van der Waals surface area (Å²) in [4.78, 5) is 16.5. The first-order valence-corrected chi connectivity index (χ1v) is 10.4. The number of hydrogen-bond donors (Lipinski definition) is 1. The lowest BCUT2D eigenvalue weighted by Gasteiger charge is -2.13. The minimum Gasteiger partial charge on any atom is -0.307 e. The Balaban J connectivity index is 1.70. The van der Waals surface area contributed by atoms with E-state index in [1.807, 2.05) is 30.3 Å². The van der Waals surface area contributed by atoms with Gasteiger partial charge in [0, 0.05) is 24.0 Å². The van der Waals surface area contributed by atoms with Crippen LogP contribution in [0.1, 0.15) is 22.8 Å². The lowest BCUT2D eigenvalue weighted by Crippen LogP contribution is -2.19. The number of pyridine rings is 1. The fourth-order valence-corrected chi connectivity index (χ4v) is 4.86. The summed E-state index contributed by atoms with van der Waals surface area (Å²) in [6, 6.07) is 14.4. The van der Waals surface area contributed by atoms with Gasteiger partial charge in [-0.1, -0.05) is 30.3 Å². The minimum absolute atomic E-state index is 0.0265. The Kier molecular flexibility index (Phi) is 4.49. The van der Waals surface area contributed by atoms with Gasteiger partial charge in [-0.15, -0.1) is 0 Å². The second-order valence-electron chi connectivity index (χ2n) is 6.48. The molecular formula is C19H18N4O3S. The molecular weight excluding hydrogens is 364 g/mol. The zero-order valence-corrected chi connectivity index (χ0v) is 15.3. The van der Waals surface area contributed by atoms with Crippen LogP contribution in [0.4, 0.5) is 5.82 Å². The summed E-state index contributed by atoms with van der Waals surface area (Å²) in [7, 11) is -3.08. The lowest BCUT2D eigenvalue weighted by atomic mass is 10.1. The largest absolute Gasteiger partial charge is 0.307 e. The number of carbonyl (C=O) groups excluding carboxylic acids is 1. The summed E-state index contributed by atoms with van der Waals surface area (Å²) in [5, 5.41) is 7.44. The Morgan fingerprint density at radius 2 is 1.96 bits per heavy atom. The normalized spacial score (nSPS) is 18.3. The molecule has 0 bridgehead atoms. The van der Waals surface area contributed by atoms with Crippen molar-refractivity contribution in [2.24, 2.45) is 0 Å². The third kappa shape index (κ3) is 3.75. The Morgan fingerprint density at radius 1 is 1.15 bits per heavy atom. The van der Waals surface area contributed by atoms with E-state index in [1.54, 1.807) is 29.1 Å². The van der Waals surface area contributed by atoms with E-state index in [-0.39, 0.29) is 23.5 Å². The molecule has 4 rings (SSSR count). The van der Waals surface area contributed by atoms with Crippen LogP contribution in [0.5, 0.6) is 0 Å². The maximum absolute atomic E-state index is 12.5. The van der Waals surface area contributed by atoms with E-state index >= 15 is 0 Å². The predicted molar refractivity (Wildman–Crippen MR) is 102 cm³/mol. The van der Waals surface area contributed by atoms with Crippen LogP contribution in [-0.4, -0.2) is 40.6 Å². The third-order valence-electron chi connectivity index (χ3n) is 4.52. The molecule has 1 amide bonds. The Morgan fingerprint density at radius 3 is 2.63 bits per heavy atom. The molecule has 1 aliphatic rings. The zero-order chi connectivity index (χ0) is 18.9. The molecule has 1 saturated heterocycles. The molecule has 1 atom stereocenters. The first-order chi connectivity index (χ1) is 13.0. The monoisotopic (exact) mass is 382 g/mol. The van der Waals surface area contributed by atoms with E-state index in [9.17, 15) is 13.2 Å². The van der Waals surface area contributed by atoms with Gasteiger partial charge in [-0.05, 0) is 18.6 Å². The molecule has 1 fully saturated rings. The number of amides is 1. The molecule has 1 N–H and O–H groups in total. The van der Waals surface area contributed by atoms with Crippen LogP contribution < -0.4 is 5.32 Å². The van der Waals surface area contributed by atoms with Crippen LogP contribution in [0.2, 0.25) is 0 Å². The van der Waals surface area contributed by atoms with Gasteiger partial charge in [-0.3, -0.25) is 9.78 Å². The number of nitrogens with zero attached hydrogens (tertiary/aromatic N) is 3. The van der Waals surface area contributed by atoms with E-state index in [2.05, 4.69) is 15.4 Å². The zero-order valence-electron chi connectivity index (χ0n) is 14.4. The van der Waals surface area contributed by atoms with Crippen LogP contribution in [0.15, 0.2) is 60.9 Å². The Bertz CT molecular complexity index is 1060. The van der Waals surface area contributed by atoms with Gasteiger partial charge >= 0.3 is 0 Å². The molecule has 2 aromatic heterocycles. The fraction of sp³-hybridized carbons (Fsp3) is 0.211. The third-order valence-corrected chi connectivity index (χ3v) is 6.28. The number of anilines is 1. The molecule has 138 valence electrons. The van der Waals surface area contributed by atoms with Crippen molar-refractivity contribution in [2.45, 2.75) is 12.5 Å². The molecule has 8 heteroatoms. The van der Waals surface area contributed by atoms with E-state index in [1.165, 1.54) is 6.20 Å². The lowest BCUT2D eigenvalue weighted by molar-refractivity contribution is 0.102. The van der Waals surface area contributed by atoms with E-state index in [0.29, 0.717) is 23.5 Å². The minimum atomic E-state index is -3.08. The number of hydrogen-bond acceptors (Lipinski definition) is 5. The van der Waals surface area contributed by atoms with Crippen LogP contribution in [0.25, 0.3) is 11.3 Å². The topological polar surface area (TPSA) is 94.0 Å². The highest BCUT2D eigenvalue weighted by Crippen LogP contribution is 2.30. The highest BCUT2D eigenvalue weighted by atomic mass is 32.2. The average molecular weight is 382 g/mol. The smallest absolute Gasteiger partial charge is 0.258 e. The molecule has 1 unspecified atom stereocenters. The van der Waals surface area contributed by atoms with Crippen molar-refractivity contribution in [1.82, 2.24) is 14.8 Å². The first kappa shape index (κ1) is 17.4. The van der Waals surface area contributed by atoms with E-state index < -0.39 is 9.84 Å². The molecule has 0 spiro atoms. The Hall–Kier alpha value is -3.00. The maximum Gasteiger partial charge on any atom is 0.258 e. The number of sulfone groups is 1. The fourth-order valence-electron chi connectivity index (χ4n) is 3.17. The number of carbonyl (C=O) groups is 1. The van der Waals surface area contributed by atoms with Crippen LogP contribution in [-0.2, 0) is 9.84 Å². The summed E-state index contributed by atoms with van der Waals surface area (Å²) in [5.41, 5.74) is 2.00. The van der Waals surface area contributed by atoms with Crippen LogP contribution in [0, 0.1) is 0 Å². The summed E-state index contributed by atoms with van der Waals surface area (Å²) in [6.07, 6.45) is 3.56. The van der Waals surface area contributed by atoms with Crippen molar-refractivity contribution in [1.29, 1.82) is 0 Å². The molecule has 3 aromatic rings. The second kappa shape index (κ2) is 6.96. The quantitative estimate of drug-likeness (QED) is 0.748. The average Bonchev–Trinajstić information content (AvgIpc) is 3.26. The van der Waals surface area contributed by atoms with Gasteiger partial charge in [-0.25, -0.2) is 13.1 Å². The second-order valence-corrected chi connectivity index (χ2v) is 8.71. The SMILES string of the molecule is O=C(Nc1cc(-c2ccccc2)nn1C1CCS(=O)(=O)C1)c1cccnc1. The molecule has 0 aliphatic carbocycles. The van der Waals surface area contributed by atoms with Crippen molar-refractivity contribution >= 4 is 21.6 Å². The number of rotatable bonds is 4. The van der Waals surface area contributed by atoms with Crippen molar-refractivity contribution in [2.75, 3.05) is 16.8 Å². The van der Waals surface area contributed by atoms with E-state index in [4.69, 9.17) is 0 Å². The molecule has 7 nitrogen and oxygen atoms in total. The highest BCUT2D eigenvalue weighted by Gasteiger charge is 2.31. The van der Waals surface area contributed by atoms with Crippen molar-refractivity contribution < 1.29 is 13.2 Å². The van der Waals surface area contributed by atoms with Gasteiger partial charge in [0.1, 0.15) is 5.82 Å². The number of aromatic nitrogens is 3. The van der Waals surface area contributed by atoms with Crippen LogP contribution in [0.3, 0.4) is 0 Å². The summed E-state index contributed by atoms with van der Waals surface area (Å²) in [6.45, 7) is 0. The van der Waals surface area contributed by atoms with Gasteiger partial charge in [-0.2, -0.15) is 5.10 Å². The standard InChI is InChI=1S/C19H18N4O3S/c24-19(15-7-4-9-20-12-15)21-18-11-17(14-5-2-1-3-6-14)22-23(18)16-8-10-27(25,26)13-16/h1-7,9,11-12,16H,8,10,13H2,(H,21,24).